The summed E-state index contributed by atoms with van der Waals surface area (Å²) in [6, 6.07) is 21.4. The van der Waals surface area contributed by atoms with Gasteiger partial charge in [0.25, 0.3) is 10.0 Å². The average molecular weight is 453 g/mol. The number of nitrogens with one attached hydrogen (secondary N) is 1. The van der Waals surface area contributed by atoms with Crippen molar-refractivity contribution in [3.63, 3.8) is 0 Å². The number of sulfonamides is 1. The van der Waals surface area contributed by atoms with Crippen LogP contribution in [0.3, 0.4) is 0 Å². The van der Waals surface area contributed by atoms with Gasteiger partial charge in [-0.15, -0.1) is 0 Å². The number of amides is 1. The molecule has 0 spiro atoms. The summed E-state index contributed by atoms with van der Waals surface area (Å²) >= 11 is 0. The van der Waals surface area contributed by atoms with Crippen LogP contribution < -0.4 is 19.1 Å². The molecule has 1 amide bonds. The molecule has 3 aromatic rings. The molecule has 0 saturated heterocycles. The van der Waals surface area contributed by atoms with E-state index in [1.807, 2.05) is 0 Å². The van der Waals surface area contributed by atoms with Gasteiger partial charge in [0.15, 0.2) is 0 Å². The fourth-order valence-electron chi connectivity index (χ4n) is 2.98. The molecule has 0 aromatic heterocycles. The Labute approximate surface area is 188 Å². The van der Waals surface area contributed by atoms with E-state index in [1.54, 1.807) is 72.8 Å². The van der Waals surface area contributed by atoms with Crippen LogP contribution in [0.4, 0.5) is 11.4 Å². The van der Waals surface area contributed by atoms with E-state index in [9.17, 15) is 13.2 Å². The Morgan fingerprint density at radius 3 is 2.31 bits per heavy atom. The van der Waals surface area contributed by atoms with Crippen molar-refractivity contribution in [1.29, 1.82) is 0 Å². The third kappa shape index (κ3) is 5.47. The number of nitrogens with zero attached hydrogens (tertiary/aromatic N) is 1. The van der Waals surface area contributed by atoms with Gasteiger partial charge in [0.1, 0.15) is 24.7 Å². The van der Waals surface area contributed by atoms with Gasteiger partial charge < -0.3 is 14.8 Å². The summed E-state index contributed by atoms with van der Waals surface area (Å²) < 4.78 is 38.6. The quantitative estimate of drug-likeness (QED) is 0.468. The van der Waals surface area contributed by atoms with Crippen molar-refractivity contribution in [1.82, 2.24) is 0 Å². The zero-order chi connectivity index (χ0) is 23.0. The van der Waals surface area contributed by atoms with E-state index in [2.05, 4.69) is 11.9 Å². The molecule has 0 bridgehead atoms. The topological polar surface area (TPSA) is 84.9 Å². The first-order valence-electron chi connectivity index (χ1n) is 9.80. The van der Waals surface area contributed by atoms with Gasteiger partial charge in [-0.1, -0.05) is 43.0 Å². The number of hydrogen-bond acceptors (Lipinski definition) is 5. The summed E-state index contributed by atoms with van der Waals surface area (Å²) in [6.45, 7) is 3.53. The van der Waals surface area contributed by atoms with Gasteiger partial charge in [0.2, 0.25) is 5.91 Å². The highest BCUT2D eigenvalue weighted by Gasteiger charge is 2.29. The maximum atomic E-state index is 13.4. The Kier molecular flexibility index (Phi) is 7.51. The van der Waals surface area contributed by atoms with Gasteiger partial charge in [-0.25, -0.2) is 8.42 Å². The molecule has 0 saturated carbocycles. The van der Waals surface area contributed by atoms with E-state index >= 15 is 0 Å². The Balaban J connectivity index is 1.87. The van der Waals surface area contributed by atoms with Gasteiger partial charge >= 0.3 is 0 Å². The number of ether oxygens (including phenoxy) is 2. The SMILES string of the molecule is C=CCOc1ccc(NC(=O)CN(c2ccccc2OC)S(=O)(=O)c2ccccc2)cc1. The van der Waals surface area contributed by atoms with Crippen LogP contribution in [-0.2, 0) is 14.8 Å². The smallest absolute Gasteiger partial charge is 0.264 e. The third-order valence-electron chi connectivity index (χ3n) is 4.48. The molecule has 0 aliphatic rings. The molecule has 3 aromatic carbocycles. The maximum absolute atomic E-state index is 13.4. The van der Waals surface area contributed by atoms with Crippen molar-refractivity contribution in [3.8, 4) is 11.5 Å². The molecule has 8 heteroatoms. The normalized spacial score (nSPS) is 10.8. The Morgan fingerprint density at radius 2 is 1.66 bits per heavy atom. The largest absolute Gasteiger partial charge is 0.495 e. The molecule has 3 rings (SSSR count). The van der Waals surface area contributed by atoms with Crippen LogP contribution in [0.1, 0.15) is 0 Å². The Hall–Kier alpha value is -3.78. The minimum absolute atomic E-state index is 0.0717. The molecule has 0 fully saturated rings. The minimum Gasteiger partial charge on any atom is -0.495 e. The van der Waals surface area contributed by atoms with Crippen LogP contribution in [0.15, 0.2) is 96.4 Å². The van der Waals surface area contributed by atoms with E-state index in [0.29, 0.717) is 23.8 Å². The monoisotopic (exact) mass is 452 g/mol. The fraction of sp³-hybridized carbons (Fsp3) is 0.125. The third-order valence-corrected chi connectivity index (χ3v) is 6.25. The molecule has 0 aliphatic heterocycles. The molecule has 32 heavy (non-hydrogen) atoms. The highest BCUT2D eigenvalue weighted by molar-refractivity contribution is 7.92. The zero-order valence-corrected chi connectivity index (χ0v) is 18.4. The molecule has 0 aliphatic carbocycles. The lowest BCUT2D eigenvalue weighted by Gasteiger charge is -2.25. The molecule has 0 unspecified atom stereocenters. The predicted molar refractivity (Wildman–Crippen MR) is 125 cm³/mol. The van der Waals surface area contributed by atoms with Gasteiger partial charge in [-0.3, -0.25) is 9.10 Å². The second kappa shape index (κ2) is 10.5. The number of carbonyl (C=O) groups is 1. The van der Waals surface area contributed by atoms with Crippen molar-refractivity contribution in [2.45, 2.75) is 4.90 Å². The highest BCUT2D eigenvalue weighted by atomic mass is 32.2. The van der Waals surface area contributed by atoms with Crippen molar-refractivity contribution in [3.05, 3.63) is 91.5 Å². The number of methoxy groups -OCH3 is 1. The second-order valence-electron chi connectivity index (χ2n) is 6.67. The molecular formula is C24H24N2O5S. The highest BCUT2D eigenvalue weighted by Crippen LogP contribution is 2.32. The summed E-state index contributed by atoms with van der Waals surface area (Å²) in [5, 5.41) is 2.72. The zero-order valence-electron chi connectivity index (χ0n) is 17.6. The number of hydrogen-bond donors (Lipinski definition) is 1. The second-order valence-corrected chi connectivity index (χ2v) is 8.53. The van der Waals surface area contributed by atoms with Gasteiger partial charge in [0.05, 0.1) is 17.7 Å². The van der Waals surface area contributed by atoms with Crippen LogP contribution in [0.2, 0.25) is 0 Å². The molecule has 166 valence electrons. The molecule has 7 nitrogen and oxygen atoms in total. The first-order valence-corrected chi connectivity index (χ1v) is 11.2. The van der Waals surface area contributed by atoms with Gasteiger partial charge in [-0.05, 0) is 48.5 Å². The molecule has 0 heterocycles. The number of rotatable bonds is 10. The summed E-state index contributed by atoms with van der Waals surface area (Å²) in [6.07, 6.45) is 1.63. The average Bonchev–Trinajstić information content (AvgIpc) is 2.82. The molecule has 0 atom stereocenters. The maximum Gasteiger partial charge on any atom is 0.264 e. The summed E-state index contributed by atoms with van der Waals surface area (Å²) in [5.41, 5.74) is 0.778. The Morgan fingerprint density at radius 1 is 1.00 bits per heavy atom. The predicted octanol–water partition coefficient (Wildman–Crippen LogP) is 4.09. The number of para-hydroxylation sites is 2. The van der Waals surface area contributed by atoms with Crippen LogP contribution in [0.25, 0.3) is 0 Å². The minimum atomic E-state index is -4.03. The first kappa shape index (κ1) is 22.9. The standard InChI is InChI=1S/C24H24N2O5S/c1-3-17-31-20-15-13-19(14-16-20)25-24(27)18-26(22-11-7-8-12-23(22)30-2)32(28,29)21-9-5-4-6-10-21/h3-16H,1,17-18H2,2H3,(H,25,27). The fourth-order valence-corrected chi connectivity index (χ4v) is 4.43. The van der Waals surface area contributed by atoms with Gasteiger partial charge in [-0.2, -0.15) is 0 Å². The van der Waals surface area contributed by atoms with Gasteiger partial charge in [0, 0.05) is 5.69 Å². The lowest BCUT2D eigenvalue weighted by atomic mass is 10.3. The lowest BCUT2D eigenvalue weighted by molar-refractivity contribution is -0.114. The van der Waals surface area contributed by atoms with E-state index in [-0.39, 0.29) is 10.6 Å². The van der Waals surface area contributed by atoms with Crippen LogP contribution in [0.5, 0.6) is 11.5 Å². The summed E-state index contributed by atoms with van der Waals surface area (Å²) in [7, 11) is -2.58. The number of carbonyl (C=O) groups excluding carboxylic acids is 1. The Bertz CT molecular complexity index is 1160. The number of anilines is 2. The van der Waals surface area contributed by atoms with Crippen LogP contribution >= 0.6 is 0 Å². The van der Waals surface area contributed by atoms with E-state index in [0.717, 1.165) is 4.31 Å². The van der Waals surface area contributed by atoms with Crippen molar-refractivity contribution >= 4 is 27.3 Å². The molecule has 1 N–H and O–H groups in total. The molecule has 0 radical (unpaired) electrons. The van der Waals surface area contributed by atoms with Crippen molar-refractivity contribution in [2.24, 2.45) is 0 Å². The van der Waals surface area contributed by atoms with Crippen LogP contribution in [0, 0.1) is 0 Å². The van der Waals surface area contributed by atoms with Crippen LogP contribution in [-0.4, -0.2) is 34.6 Å². The van der Waals surface area contributed by atoms with E-state index in [4.69, 9.17) is 9.47 Å². The van der Waals surface area contributed by atoms with Crippen molar-refractivity contribution in [2.75, 3.05) is 29.9 Å². The number of benzene rings is 3. The molecular weight excluding hydrogens is 428 g/mol. The van der Waals surface area contributed by atoms with E-state index < -0.39 is 22.5 Å². The summed E-state index contributed by atoms with van der Waals surface area (Å²) in [5.74, 6) is 0.462. The first-order chi connectivity index (χ1) is 15.5. The van der Waals surface area contributed by atoms with E-state index in [1.165, 1.54) is 19.2 Å². The lowest BCUT2D eigenvalue weighted by Crippen LogP contribution is -2.38. The van der Waals surface area contributed by atoms with Crippen molar-refractivity contribution < 1.29 is 22.7 Å². The summed E-state index contributed by atoms with van der Waals surface area (Å²) in [4.78, 5) is 12.9.